The molecule has 3 aromatic rings. The summed E-state index contributed by atoms with van der Waals surface area (Å²) in [6.07, 6.45) is 4.07. The van der Waals surface area contributed by atoms with Crippen LogP contribution in [0, 0.1) is 11.6 Å². The summed E-state index contributed by atoms with van der Waals surface area (Å²) in [5.74, 6) is -0.551. The van der Waals surface area contributed by atoms with Gasteiger partial charge in [0, 0.05) is 66.7 Å². The van der Waals surface area contributed by atoms with Gasteiger partial charge in [0.05, 0.1) is 19.3 Å². The number of methoxy groups -OCH3 is 1. The Hall–Kier alpha value is -3.53. The number of likely N-dealkylation sites (tertiary alicyclic amines) is 1. The highest BCUT2D eigenvalue weighted by atomic mass is 19.1. The second kappa shape index (κ2) is 9.99. The van der Waals surface area contributed by atoms with Crippen molar-refractivity contribution < 1.29 is 18.3 Å². The van der Waals surface area contributed by atoms with Crippen LogP contribution in [0.25, 0.3) is 11.3 Å². The van der Waals surface area contributed by atoms with Crippen LogP contribution in [0.3, 0.4) is 0 Å². The second-order valence-electron chi connectivity index (χ2n) is 9.01. The molecule has 35 heavy (non-hydrogen) atoms. The number of nitrogens with zero attached hydrogens (tertiary/aromatic N) is 4. The molecule has 1 saturated heterocycles. The Bertz CT molecular complexity index is 1180. The highest BCUT2D eigenvalue weighted by Gasteiger charge is 2.29. The van der Waals surface area contributed by atoms with Crippen LogP contribution in [-0.2, 0) is 19.5 Å². The van der Waals surface area contributed by atoms with Crippen molar-refractivity contribution in [3.63, 3.8) is 0 Å². The number of nitrogens with one attached hydrogen (secondary N) is 2. The first-order valence-corrected chi connectivity index (χ1v) is 11.8. The van der Waals surface area contributed by atoms with Crippen molar-refractivity contribution in [1.82, 2.24) is 30.3 Å². The lowest BCUT2D eigenvalue weighted by Gasteiger charge is -2.35. The molecule has 2 amide bonds. The summed E-state index contributed by atoms with van der Waals surface area (Å²) >= 11 is 0. The monoisotopic (exact) mass is 482 g/mol. The Morgan fingerprint density at radius 2 is 2.06 bits per heavy atom. The Morgan fingerprint density at radius 1 is 1.23 bits per heavy atom. The fraction of sp³-hybridized carbons (Fsp3) is 0.400. The fourth-order valence-corrected chi connectivity index (χ4v) is 4.84. The van der Waals surface area contributed by atoms with Crippen molar-refractivity contribution in [3.05, 3.63) is 65.0 Å². The number of carbonyl (C=O) groups is 1. The van der Waals surface area contributed by atoms with Gasteiger partial charge in [0.15, 0.2) is 0 Å². The number of aromatic nitrogens is 3. The lowest BCUT2D eigenvalue weighted by atomic mass is 10.0. The van der Waals surface area contributed by atoms with E-state index in [2.05, 4.69) is 20.5 Å². The molecule has 0 radical (unpaired) electrons. The number of rotatable bonds is 5. The molecule has 8 nitrogen and oxygen atoms in total. The zero-order valence-corrected chi connectivity index (χ0v) is 19.6. The van der Waals surface area contributed by atoms with Gasteiger partial charge >= 0.3 is 6.03 Å². The number of fused-ring (bicyclic) bond motifs is 1. The van der Waals surface area contributed by atoms with E-state index in [1.807, 2.05) is 11.0 Å². The molecular weight excluding hydrogens is 454 g/mol. The van der Waals surface area contributed by atoms with E-state index < -0.39 is 11.6 Å². The fourth-order valence-electron chi connectivity index (χ4n) is 4.84. The number of amides is 2. The third-order valence-electron chi connectivity index (χ3n) is 6.72. The highest BCUT2D eigenvalue weighted by molar-refractivity contribution is 5.76. The molecular formula is C25H28F2N6O2. The summed E-state index contributed by atoms with van der Waals surface area (Å²) in [6, 6.07) is 7.38. The van der Waals surface area contributed by atoms with Crippen molar-refractivity contribution in [2.24, 2.45) is 0 Å². The van der Waals surface area contributed by atoms with Gasteiger partial charge in [-0.15, -0.1) is 0 Å². The van der Waals surface area contributed by atoms with Gasteiger partial charge in [-0.1, -0.05) is 6.07 Å². The Morgan fingerprint density at radius 3 is 2.80 bits per heavy atom. The maximum atomic E-state index is 14.1. The molecule has 2 aliphatic rings. The Labute approximate surface area is 202 Å². The third-order valence-corrected chi connectivity index (χ3v) is 6.72. The first kappa shape index (κ1) is 23.2. The normalized spacial score (nSPS) is 18.3. The summed E-state index contributed by atoms with van der Waals surface area (Å²) in [6.45, 7) is 2.49. The maximum Gasteiger partial charge on any atom is 0.317 e. The number of pyridine rings is 1. The molecule has 0 saturated carbocycles. The molecule has 2 N–H and O–H groups in total. The molecule has 0 aliphatic carbocycles. The van der Waals surface area contributed by atoms with E-state index in [1.165, 1.54) is 18.2 Å². The molecule has 0 bridgehead atoms. The predicted octanol–water partition coefficient (Wildman–Crippen LogP) is 3.49. The van der Waals surface area contributed by atoms with Crippen LogP contribution < -0.4 is 10.1 Å². The van der Waals surface area contributed by atoms with Gasteiger partial charge in [-0.25, -0.2) is 18.6 Å². The molecule has 1 aromatic carbocycles. The molecule has 10 heteroatoms. The minimum absolute atomic E-state index is 0.0727. The number of urea groups is 1. The van der Waals surface area contributed by atoms with Gasteiger partial charge < -0.3 is 15.0 Å². The second-order valence-corrected chi connectivity index (χ2v) is 9.01. The van der Waals surface area contributed by atoms with E-state index in [9.17, 15) is 13.6 Å². The lowest BCUT2D eigenvalue weighted by molar-refractivity contribution is 0.158. The lowest BCUT2D eigenvalue weighted by Crippen LogP contribution is -2.52. The van der Waals surface area contributed by atoms with Gasteiger partial charge in [0.25, 0.3) is 0 Å². The molecule has 1 fully saturated rings. The summed E-state index contributed by atoms with van der Waals surface area (Å²) in [4.78, 5) is 21.2. The number of carbonyl (C=O) groups excluding carboxylic acids is 1. The number of aromatic amines is 1. The van der Waals surface area contributed by atoms with E-state index in [-0.39, 0.29) is 24.2 Å². The molecule has 0 unspecified atom stereocenters. The Balaban J connectivity index is 1.22. The van der Waals surface area contributed by atoms with Crippen LogP contribution in [0.4, 0.5) is 13.6 Å². The van der Waals surface area contributed by atoms with Crippen LogP contribution in [0.2, 0.25) is 0 Å². The average Bonchev–Trinajstić information content (AvgIpc) is 3.30. The number of halogens is 2. The predicted molar refractivity (Wildman–Crippen MR) is 126 cm³/mol. The van der Waals surface area contributed by atoms with Gasteiger partial charge in [0.2, 0.25) is 5.88 Å². The first-order chi connectivity index (χ1) is 17.0. The van der Waals surface area contributed by atoms with Crippen molar-refractivity contribution in [2.45, 2.75) is 38.4 Å². The highest BCUT2D eigenvalue weighted by Crippen LogP contribution is 2.29. The van der Waals surface area contributed by atoms with Crippen LogP contribution in [0.15, 0.2) is 36.5 Å². The minimum Gasteiger partial charge on any atom is -0.481 e. The number of hydrogen-bond acceptors (Lipinski definition) is 5. The number of hydrogen-bond donors (Lipinski definition) is 2. The van der Waals surface area contributed by atoms with Gasteiger partial charge in [-0.3, -0.25) is 10.00 Å². The van der Waals surface area contributed by atoms with Crippen molar-refractivity contribution in [1.29, 1.82) is 0 Å². The summed E-state index contributed by atoms with van der Waals surface area (Å²) in [7, 11) is 1.57. The zero-order valence-electron chi connectivity index (χ0n) is 19.6. The van der Waals surface area contributed by atoms with Gasteiger partial charge in [0.1, 0.15) is 11.6 Å². The van der Waals surface area contributed by atoms with Crippen molar-refractivity contribution >= 4 is 6.03 Å². The largest absolute Gasteiger partial charge is 0.481 e. The topological polar surface area (TPSA) is 86.4 Å². The minimum atomic E-state index is -0.539. The van der Waals surface area contributed by atoms with Gasteiger partial charge in [-0.05, 0) is 37.6 Å². The summed E-state index contributed by atoms with van der Waals surface area (Å²) in [5.41, 5.74) is 3.72. The average molecular weight is 483 g/mol. The first-order valence-electron chi connectivity index (χ1n) is 11.8. The SMILES string of the molecule is COc1ccc(-c2n[nH]c3c2CN(C(=O)N[C@@H]2CCCN(Cc4c(F)cccc4F)C2)CC3)cn1. The molecule has 184 valence electrons. The molecule has 4 heterocycles. The smallest absolute Gasteiger partial charge is 0.317 e. The van der Waals surface area contributed by atoms with E-state index in [4.69, 9.17) is 4.74 Å². The molecule has 2 aliphatic heterocycles. The third kappa shape index (κ3) is 4.97. The zero-order chi connectivity index (χ0) is 24.4. The molecule has 1 atom stereocenters. The Kier molecular flexibility index (Phi) is 6.63. The van der Waals surface area contributed by atoms with Crippen LogP contribution in [-0.4, -0.2) is 63.8 Å². The van der Waals surface area contributed by atoms with Crippen LogP contribution >= 0.6 is 0 Å². The van der Waals surface area contributed by atoms with E-state index >= 15 is 0 Å². The number of benzene rings is 1. The van der Waals surface area contributed by atoms with E-state index in [0.717, 1.165) is 41.9 Å². The number of ether oxygens (including phenoxy) is 1. The molecule has 0 spiro atoms. The maximum absolute atomic E-state index is 14.1. The summed E-state index contributed by atoms with van der Waals surface area (Å²) < 4.78 is 33.3. The number of piperidine rings is 1. The van der Waals surface area contributed by atoms with Crippen molar-refractivity contribution in [3.8, 4) is 17.1 Å². The number of H-pyrrole nitrogens is 1. The quantitative estimate of drug-likeness (QED) is 0.582. The van der Waals surface area contributed by atoms with Gasteiger partial charge in [-0.2, -0.15) is 5.10 Å². The van der Waals surface area contributed by atoms with Crippen LogP contribution in [0.5, 0.6) is 5.88 Å². The van der Waals surface area contributed by atoms with E-state index in [1.54, 1.807) is 24.3 Å². The van der Waals surface area contributed by atoms with E-state index in [0.29, 0.717) is 31.9 Å². The standard InChI is InChI=1S/C25H28F2N6O2/c1-35-23-8-7-16(12-28-23)24-19-15-33(11-9-22(19)30-31-24)25(34)29-17-4-3-10-32(13-17)14-18-20(26)5-2-6-21(18)27/h2,5-8,12,17H,3-4,9-11,13-15H2,1H3,(H,29,34)(H,30,31)/t17-/m1/s1. The van der Waals surface area contributed by atoms with Crippen molar-refractivity contribution in [2.75, 3.05) is 26.7 Å². The molecule has 2 aromatic heterocycles. The summed E-state index contributed by atoms with van der Waals surface area (Å²) in [5, 5.41) is 10.7. The molecule has 5 rings (SSSR count). The van der Waals surface area contributed by atoms with Crippen LogP contribution in [0.1, 0.15) is 29.7 Å².